The molecule has 0 fully saturated rings. The van der Waals surface area contributed by atoms with E-state index in [4.69, 9.17) is 4.42 Å². The fraction of sp³-hybridized carbons (Fsp3) is 0.182. The van der Waals surface area contributed by atoms with Gasteiger partial charge in [0.15, 0.2) is 0 Å². The molecule has 0 atom stereocenters. The smallest absolute Gasteiger partial charge is 0.285 e. The summed E-state index contributed by atoms with van der Waals surface area (Å²) in [6.45, 7) is 0. The van der Waals surface area contributed by atoms with E-state index >= 15 is 0 Å². The first kappa shape index (κ1) is 19.1. The van der Waals surface area contributed by atoms with Crippen LogP contribution in [0, 0.1) is 0 Å². The van der Waals surface area contributed by atoms with Gasteiger partial charge in [-0.2, -0.15) is 5.10 Å². The summed E-state index contributed by atoms with van der Waals surface area (Å²) in [6.07, 6.45) is 5.33. The van der Waals surface area contributed by atoms with E-state index in [9.17, 15) is 15.0 Å². The van der Waals surface area contributed by atoms with Crippen molar-refractivity contribution in [3.05, 3.63) is 56.6 Å². The molecule has 1 amide bonds. The fourth-order valence-electron chi connectivity index (χ4n) is 3.93. The maximum absolute atomic E-state index is 12.6. The van der Waals surface area contributed by atoms with Gasteiger partial charge >= 0.3 is 0 Å². The Labute approximate surface area is 184 Å². The summed E-state index contributed by atoms with van der Waals surface area (Å²) >= 11 is 4.56. The zero-order valence-corrected chi connectivity index (χ0v) is 18.1. The molecule has 0 bridgehead atoms. The van der Waals surface area contributed by atoms with Gasteiger partial charge < -0.3 is 14.6 Å². The summed E-state index contributed by atoms with van der Waals surface area (Å²) in [7, 11) is 0. The predicted molar refractivity (Wildman–Crippen MR) is 121 cm³/mol. The van der Waals surface area contributed by atoms with E-state index in [-0.39, 0.29) is 16.4 Å². The van der Waals surface area contributed by atoms with Crippen LogP contribution in [-0.4, -0.2) is 22.3 Å². The Morgan fingerprint density at radius 3 is 2.83 bits per heavy atom. The molecule has 2 heterocycles. The molecule has 4 aromatic rings. The van der Waals surface area contributed by atoms with Crippen LogP contribution < -0.4 is 5.43 Å². The van der Waals surface area contributed by atoms with E-state index in [0.717, 1.165) is 47.1 Å². The third-order valence-corrected chi connectivity index (χ3v) is 7.11. The highest BCUT2D eigenvalue weighted by Crippen LogP contribution is 2.40. The molecule has 0 spiro atoms. The van der Waals surface area contributed by atoms with Crippen LogP contribution in [0.5, 0.6) is 11.5 Å². The molecule has 3 N–H and O–H groups in total. The predicted octanol–water partition coefficient (Wildman–Crippen LogP) is 5.46. The Morgan fingerprint density at radius 1 is 1.20 bits per heavy atom. The van der Waals surface area contributed by atoms with Gasteiger partial charge in [0.05, 0.1) is 10.7 Å². The molecular formula is C22H17BrN2O4S. The molecule has 2 aromatic heterocycles. The van der Waals surface area contributed by atoms with Crippen LogP contribution in [0.25, 0.3) is 21.1 Å². The molecule has 5 rings (SSSR count). The van der Waals surface area contributed by atoms with Crippen LogP contribution in [0.15, 0.2) is 44.3 Å². The number of nitrogens with one attached hydrogen (secondary N) is 1. The molecule has 6 nitrogen and oxygen atoms in total. The van der Waals surface area contributed by atoms with Crippen LogP contribution in [0.4, 0.5) is 0 Å². The number of phenols is 1. The summed E-state index contributed by atoms with van der Waals surface area (Å²) in [5.41, 5.74) is 4.72. The van der Waals surface area contributed by atoms with Gasteiger partial charge in [-0.05, 0) is 53.4 Å². The van der Waals surface area contributed by atoms with Crippen molar-refractivity contribution in [2.24, 2.45) is 5.10 Å². The minimum Gasteiger partial charge on any atom is -0.506 e. The van der Waals surface area contributed by atoms with Crippen LogP contribution in [0.2, 0.25) is 0 Å². The molecule has 1 aliphatic carbocycles. The Hall–Kier alpha value is -2.84. The highest BCUT2D eigenvalue weighted by Gasteiger charge is 2.23. The molecule has 2 aromatic carbocycles. The second kappa shape index (κ2) is 7.45. The highest BCUT2D eigenvalue weighted by atomic mass is 79.9. The number of halogens is 1. The van der Waals surface area contributed by atoms with Gasteiger partial charge in [0, 0.05) is 33.0 Å². The van der Waals surface area contributed by atoms with E-state index in [0.29, 0.717) is 21.0 Å². The second-order valence-electron chi connectivity index (χ2n) is 7.18. The normalized spacial score (nSPS) is 13.9. The summed E-state index contributed by atoms with van der Waals surface area (Å²) in [4.78, 5) is 12.8. The second-order valence-corrected chi connectivity index (χ2v) is 9.09. The van der Waals surface area contributed by atoms with Crippen molar-refractivity contribution in [1.29, 1.82) is 0 Å². The number of benzene rings is 2. The van der Waals surface area contributed by atoms with Crippen LogP contribution in [-0.2, 0) is 12.8 Å². The zero-order chi connectivity index (χ0) is 20.8. The Kier molecular flexibility index (Phi) is 4.75. The van der Waals surface area contributed by atoms with Gasteiger partial charge in [0.2, 0.25) is 0 Å². The zero-order valence-electron chi connectivity index (χ0n) is 15.7. The molecule has 0 unspecified atom stereocenters. The van der Waals surface area contributed by atoms with E-state index in [1.807, 2.05) is 18.2 Å². The number of hydrogen-bond donors (Lipinski definition) is 3. The van der Waals surface area contributed by atoms with E-state index in [1.54, 1.807) is 12.1 Å². The number of nitrogens with zero attached hydrogens (tertiary/aromatic N) is 1. The van der Waals surface area contributed by atoms with Crippen molar-refractivity contribution >= 4 is 60.4 Å². The third-order valence-electron chi connectivity index (χ3n) is 5.34. The fourth-order valence-corrected chi connectivity index (χ4v) is 5.34. The molecule has 0 saturated carbocycles. The number of furan rings is 1. The lowest BCUT2D eigenvalue weighted by molar-refractivity contribution is 0.0957. The van der Waals surface area contributed by atoms with Gasteiger partial charge in [0.1, 0.15) is 27.7 Å². The number of thiophene rings is 1. The van der Waals surface area contributed by atoms with Crippen LogP contribution in [0.1, 0.15) is 39.4 Å². The monoisotopic (exact) mass is 484 g/mol. The summed E-state index contributed by atoms with van der Waals surface area (Å²) < 4.78 is 7.31. The maximum Gasteiger partial charge on any atom is 0.285 e. The first-order chi connectivity index (χ1) is 14.5. The van der Waals surface area contributed by atoms with Crippen molar-refractivity contribution in [3.63, 3.8) is 0 Å². The SMILES string of the molecule is O=C(N/N=C\c1c(O)c(Br)cc2oc3c(c12)CCCC3)c1sc2ccccc2c1O. The van der Waals surface area contributed by atoms with E-state index in [1.165, 1.54) is 17.6 Å². The minimum atomic E-state index is -0.509. The molecule has 0 aliphatic heterocycles. The summed E-state index contributed by atoms with van der Waals surface area (Å²) in [5.74, 6) is 0.423. The topological polar surface area (TPSA) is 95.1 Å². The molecule has 1 aliphatic rings. The van der Waals surface area contributed by atoms with Gasteiger partial charge in [-0.25, -0.2) is 5.43 Å². The standard InChI is InChI=1S/C22H17BrN2O4S/c23-14-9-16-18(11-5-1-3-7-15(11)29-16)13(19(14)26)10-24-25-22(28)21-20(27)12-6-2-4-8-17(12)30-21/h2,4,6,8-10,26-27H,1,3,5,7H2,(H,25,28)/b24-10-. The van der Waals surface area contributed by atoms with E-state index in [2.05, 4.69) is 26.5 Å². The lowest BCUT2D eigenvalue weighted by Crippen LogP contribution is -2.16. The lowest BCUT2D eigenvalue weighted by Gasteiger charge is -2.10. The van der Waals surface area contributed by atoms with Crippen LogP contribution in [0.3, 0.4) is 0 Å². The third kappa shape index (κ3) is 3.07. The number of aromatic hydroxyl groups is 2. The first-order valence-electron chi connectivity index (χ1n) is 9.54. The Balaban J connectivity index is 1.49. The number of carbonyl (C=O) groups is 1. The molecule has 152 valence electrons. The molecule has 8 heteroatoms. The highest BCUT2D eigenvalue weighted by molar-refractivity contribution is 9.10. The maximum atomic E-state index is 12.6. The molecule has 0 radical (unpaired) electrons. The van der Waals surface area contributed by atoms with Gasteiger partial charge in [-0.3, -0.25) is 4.79 Å². The largest absolute Gasteiger partial charge is 0.506 e. The van der Waals surface area contributed by atoms with E-state index < -0.39 is 5.91 Å². The molecular weight excluding hydrogens is 468 g/mol. The van der Waals surface area contributed by atoms with Crippen LogP contribution >= 0.6 is 27.3 Å². The number of hydrazone groups is 1. The Bertz CT molecular complexity index is 1340. The van der Waals surface area contributed by atoms with Gasteiger partial charge in [-0.1, -0.05) is 12.1 Å². The number of hydrogen-bond acceptors (Lipinski definition) is 6. The molecule has 30 heavy (non-hydrogen) atoms. The number of amides is 1. The quantitative estimate of drug-likeness (QED) is 0.265. The van der Waals surface area contributed by atoms with Crippen molar-refractivity contribution in [2.75, 3.05) is 0 Å². The summed E-state index contributed by atoms with van der Waals surface area (Å²) in [5, 5.41) is 26.5. The number of fused-ring (bicyclic) bond motifs is 4. The average Bonchev–Trinajstić information content (AvgIpc) is 3.28. The average molecular weight is 485 g/mol. The summed E-state index contributed by atoms with van der Waals surface area (Å²) in [6, 6.07) is 9.03. The van der Waals surface area contributed by atoms with Crippen molar-refractivity contribution in [1.82, 2.24) is 5.43 Å². The number of aryl methyl sites for hydroxylation is 2. The lowest BCUT2D eigenvalue weighted by atomic mass is 9.94. The Morgan fingerprint density at radius 2 is 2.00 bits per heavy atom. The number of rotatable bonds is 3. The van der Waals surface area contributed by atoms with Crippen molar-refractivity contribution in [3.8, 4) is 11.5 Å². The number of carbonyl (C=O) groups excluding carboxylic acids is 1. The number of phenolic OH excluding ortho intramolecular Hbond substituents is 1. The minimum absolute atomic E-state index is 0.0411. The van der Waals surface area contributed by atoms with Gasteiger partial charge in [-0.15, -0.1) is 11.3 Å². The van der Waals surface area contributed by atoms with Crippen molar-refractivity contribution < 1.29 is 19.4 Å². The first-order valence-corrected chi connectivity index (χ1v) is 11.1. The van der Waals surface area contributed by atoms with Crippen molar-refractivity contribution in [2.45, 2.75) is 25.7 Å². The molecule has 0 saturated heterocycles. The van der Waals surface area contributed by atoms with Gasteiger partial charge in [0.25, 0.3) is 5.91 Å².